The third kappa shape index (κ3) is 6.54. The average molecular weight is 407 g/mol. The first-order valence-corrected chi connectivity index (χ1v) is 10.4. The monoisotopic (exact) mass is 406 g/mol. The number of aromatic hydroxyl groups is 1. The van der Waals surface area contributed by atoms with E-state index in [2.05, 4.69) is 51.2 Å². The number of carbonyl (C=O) groups excluding carboxylic acids is 1. The molecule has 1 amide bonds. The van der Waals surface area contributed by atoms with E-state index in [0.717, 1.165) is 44.7 Å². The predicted octanol–water partition coefficient (Wildman–Crippen LogP) is 2.78. The highest BCUT2D eigenvalue weighted by atomic mass is 16.3. The standard InChI is InChI=1S/C24H30N4O2/c1-2-8-21-11-6-12-22(24(21)30)17-25-26-23(29)19-28-14-7-13-27(15-16-28)18-20-9-4-3-5-10-20/h2-6,9-12,17,30H,1,7-8,13-16,18-19H2,(H,26,29)/b25-17+. The maximum atomic E-state index is 12.3. The predicted molar refractivity (Wildman–Crippen MR) is 121 cm³/mol. The van der Waals surface area contributed by atoms with Crippen LogP contribution in [0.2, 0.25) is 0 Å². The summed E-state index contributed by atoms with van der Waals surface area (Å²) in [6, 6.07) is 15.9. The summed E-state index contributed by atoms with van der Waals surface area (Å²) in [6.07, 6.45) is 4.83. The SMILES string of the molecule is C=CCc1cccc(/C=N/NC(=O)CN2CCCN(Cc3ccccc3)CC2)c1O. The Labute approximate surface area is 178 Å². The molecule has 0 saturated carbocycles. The minimum atomic E-state index is -0.149. The number of para-hydroxylation sites is 1. The van der Waals surface area contributed by atoms with Crippen LogP contribution in [-0.4, -0.2) is 59.8 Å². The highest BCUT2D eigenvalue weighted by molar-refractivity contribution is 5.86. The second kappa shape index (κ2) is 11.3. The lowest BCUT2D eigenvalue weighted by Gasteiger charge is -2.21. The van der Waals surface area contributed by atoms with Crippen molar-refractivity contribution in [2.75, 3.05) is 32.7 Å². The van der Waals surface area contributed by atoms with Gasteiger partial charge in [-0.15, -0.1) is 6.58 Å². The van der Waals surface area contributed by atoms with E-state index in [4.69, 9.17) is 0 Å². The highest BCUT2D eigenvalue weighted by Gasteiger charge is 2.17. The number of hydrogen-bond donors (Lipinski definition) is 2. The molecule has 0 radical (unpaired) electrons. The molecule has 30 heavy (non-hydrogen) atoms. The second-order valence-electron chi connectivity index (χ2n) is 7.53. The Morgan fingerprint density at radius 3 is 2.63 bits per heavy atom. The first-order valence-electron chi connectivity index (χ1n) is 10.4. The molecule has 2 aromatic carbocycles. The summed E-state index contributed by atoms with van der Waals surface area (Å²) in [4.78, 5) is 16.9. The van der Waals surface area contributed by atoms with Gasteiger partial charge in [0.15, 0.2) is 0 Å². The molecule has 3 rings (SSSR count). The Balaban J connectivity index is 1.45. The molecule has 2 aromatic rings. The van der Waals surface area contributed by atoms with Gasteiger partial charge in [-0.2, -0.15) is 5.10 Å². The Morgan fingerprint density at radius 1 is 1.07 bits per heavy atom. The van der Waals surface area contributed by atoms with E-state index in [1.807, 2.05) is 18.2 Å². The van der Waals surface area contributed by atoms with Crippen LogP contribution in [0.5, 0.6) is 5.75 Å². The second-order valence-corrected chi connectivity index (χ2v) is 7.53. The van der Waals surface area contributed by atoms with E-state index in [-0.39, 0.29) is 11.7 Å². The summed E-state index contributed by atoms with van der Waals surface area (Å²) in [5.74, 6) is 0.0194. The van der Waals surface area contributed by atoms with E-state index in [0.29, 0.717) is 18.5 Å². The molecule has 0 bridgehead atoms. The first-order chi connectivity index (χ1) is 14.7. The van der Waals surface area contributed by atoms with Crippen molar-refractivity contribution in [2.45, 2.75) is 19.4 Å². The Morgan fingerprint density at radius 2 is 1.83 bits per heavy atom. The fourth-order valence-electron chi connectivity index (χ4n) is 3.63. The molecule has 2 N–H and O–H groups in total. The number of amides is 1. The minimum Gasteiger partial charge on any atom is -0.507 e. The largest absolute Gasteiger partial charge is 0.507 e. The lowest BCUT2D eigenvalue weighted by molar-refractivity contribution is -0.122. The van der Waals surface area contributed by atoms with E-state index in [1.165, 1.54) is 11.8 Å². The number of hydrazone groups is 1. The van der Waals surface area contributed by atoms with Crippen LogP contribution in [0, 0.1) is 0 Å². The topological polar surface area (TPSA) is 68.2 Å². The van der Waals surface area contributed by atoms with E-state index < -0.39 is 0 Å². The quantitative estimate of drug-likeness (QED) is 0.402. The summed E-state index contributed by atoms with van der Waals surface area (Å²) in [5.41, 5.74) is 5.24. The molecule has 1 heterocycles. The molecule has 0 aromatic heterocycles. The molecule has 0 aliphatic carbocycles. The van der Waals surface area contributed by atoms with Gasteiger partial charge < -0.3 is 5.11 Å². The summed E-state index contributed by atoms with van der Waals surface area (Å²) in [5, 5.41) is 14.3. The number of nitrogens with zero attached hydrogens (tertiary/aromatic N) is 3. The Bertz CT molecular complexity index is 867. The van der Waals surface area contributed by atoms with Crippen molar-refractivity contribution >= 4 is 12.1 Å². The van der Waals surface area contributed by atoms with Gasteiger partial charge in [0.05, 0.1) is 12.8 Å². The number of phenols is 1. The van der Waals surface area contributed by atoms with Gasteiger partial charge in [0.25, 0.3) is 5.91 Å². The fraction of sp³-hybridized carbons (Fsp3) is 0.333. The molecule has 1 saturated heterocycles. The maximum absolute atomic E-state index is 12.3. The van der Waals surface area contributed by atoms with E-state index in [1.54, 1.807) is 12.1 Å². The van der Waals surface area contributed by atoms with Crippen LogP contribution in [0.15, 0.2) is 66.3 Å². The molecule has 1 aliphatic heterocycles. The summed E-state index contributed by atoms with van der Waals surface area (Å²) in [7, 11) is 0. The van der Waals surface area contributed by atoms with Crippen molar-refractivity contribution in [3.63, 3.8) is 0 Å². The number of rotatable bonds is 8. The zero-order chi connectivity index (χ0) is 21.2. The van der Waals surface area contributed by atoms with Crippen LogP contribution in [0.25, 0.3) is 0 Å². The number of phenolic OH excluding ortho intramolecular Hbond substituents is 1. The third-order valence-corrected chi connectivity index (χ3v) is 5.21. The number of allylic oxidation sites excluding steroid dienone is 1. The molecule has 0 atom stereocenters. The summed E-state index contributed by atoms with van der Waals surface area (Å²) in [6.45, 7) is 8.68. The fourth-order valence-corrected chi connectivity index (χ4v) is 3.63. The average Bonchev–Trinajstić information content (AvgIpc) is 2.96. The van der Waals surface area contributed by atoms with Crippen LogP contribution in [-0.2, 0) is 17.8 Å². The molecule has 1 aliphatic rings. The lowest BCUT2D eigenvalue weighted by atomic mass is 10.1. The van der Waals surface area contributed by atoms with Crippen molar-refractivity contribution in [1.82, 2.24) is 15.2 Å². The van der Waals surface area contributed by atoms with Crippen molar-refractivity contribution in [3.05, 3.63) is 77.9 Å². The van der Waals surface area contributed by atoms with Gasteiger partial charge in [0.2, 0.25) is 0 Å². The summed E-state index contributed by atoms with van der Waals surface area (Å²) >= 11 is 0. The lowest BCUT2D eigenvalue weighted by Crippen LogP contribution is -2.37. The smallest absolute Gasteiger partial charge is 0.254 e. The normalized spacial score (nSPS) is 15.7. The van der Waals surface area contributed by atoms with Crippen LogP contribution < -0.4 is 5.43 Å². The summed E-state index contributed by atoms with van der Waals surface area (Å²) < 4.78 is 0. The molecular weight excluding hydrogens is 376 g/mol. The van der Waals surface area contributed by atoms with Crippen LogP contribution in [0.1, 0.15) is 23.1 Å². The third-order valence-electron chi connectivity index (χ3n) is 5.21. The van der Waals surface area contributed by atoms with Crippen molar-refractivity contribution in [2.24, 2.45) is 5.10 Å². The van der Waals surface area contributed by atoms with Crippen molar-refractivity contribution in [3.8, 4) is 5.75 Å². The highest BCUT2D eigenvalue weighted by Crippen LogP contribution is 2.21. The van der Waals surface area contributed by atoms with Crippen LogP contribution in [0.3, 0.4) is 0 Å². The molecule has 158 valence electrons. The van der Waals surface area contributed by atoms with Crippen LogP contribution in [0.4, 0.5) is 0 Å². The molecule has 1 fully saturated rings. The van der Waals surface area contributed by atoms with E-state index in [9.17, 15) is 9.90 Å². The molecule has 6 heteroatoms. The van der Waals surface area contributed by atoms with Crippen molar-refractivity contribution in [1.29, 1.82) is 0 Å². The van der Waals surface area contributed by atoms with Crippen molar-refractivity contribution < 1.29 is 9.90 Å². The Hall–Kier alpha value is -2.96. The number of hydrogen-bond acceptors (Lipinski definition) is 5. The Kier molecular flexibility index (Phi) is 8.18. The minimum absolute atomic E-state index is 0.149. The maximum Gasteiger partial charge on any atom is 0.254 e. The van der Waals surface area contributed by atoms with Gasteiger partial charge in [-0.3, -0.25) is 14.6 Å². The zero-order valence-electron chi connectivity index (χ0n) is 17.3. The van der Waals surface area contributed by atoms with Gasteiger partial charge in [-0.1, -0.05) is 48.5 Å². The zero-order valence-corrected chi connectivity index (χ0v) is 17.3. The van der Waals surface area contributed by atoms with Gasteiger partial charge in [-0.05, 0) is 43.1 Å². The molecular formula is C24H30N4O2. The van der Waals surface area contributed by atoms with E-state index >= 15 is 0 Å². The number of carbonyl (C=O) groups is 1. The van der Waals surface area contributed by atoms with Gasteiger partial charge in [0.1, 0.15) is 5.75 Å². The van der Waals surface area contributed by atoms with Gasteiger partial charge in [0, 0.05) is 25.2 Å². The number of benzene rings is 2. The van der Waals surface area contributed by atoms with Crippen LogP contribution >= 0.6 is 0 Å². The first kappa shape index (κ1) is 21.7. The number of nitrogens with one attached hydrogen (secondary N) is 1. The van der Waals surface area contributed by atoms with Gasteiger partial charge >= 0.3 is 0 Å². The molecule has 6 nitrogen and oxygen atoms in total. The molecule has 0 unspecified atom stereocenters. The molecule has 0 spiro atoms. The van der Waals surface area contributed by atoms with Gasteiger partial charge in [-0.25, -0.2) is 5.43 Å².